The quantitative estimate of drug-likeness (QED) is 0.540. The lowest BCUT2D eigenvalue weighted by Gasteiger charge is -2.13. The number of aromatic nitrogens is 1. The van der Waals surface area contributed by atoms with Gasteiger partial charge >= 0.3 is 0 Å². The van der Waals surface area contributed by atoms with Crippen LogP contribution in [0.1, 0.15) is 20.7 Å². The van der Waals surface area contributed by atoms with Gasteiger partial charge in [0.05, 0.1) is 21.7 Å². The van der Waals surface area contributed by atoms with E-state index in [1.54, 1.807) is 36.0 Å². The fourth-order valence-electron chi connectivity index (χ4n) is 2.81. The van der Waals surface area contributed by atoms with E-state index in [2.05, 4.69) is 4.98 Å². The monoisotopic (exact) mass is 334 g/mol. The maximum Gasteiger partial charge on any atom is 0.261 e. The molecule has 4 nitrogen and oxygen atoms in total. The summed E-state index contributed by atoms with van der Waals surface area (Å²) >= 11 is 1.55. The van der Waals surface area contributed by atoms with Crippen molar-refractivity contribution in [2.24, 2.45) is 0 Å². The van der Waals surface area contributed by atoms with Crippen LogP contribution in [0.25, 0.3) is 10.9 Å². The molecule has 0 fully saturated rings. The number of thioether (sulfide) groups is 1. The van der Waals surface area contributed by atoms with Crippen molar-refractivity contribution in [2.45, 2.75) is 5.03 Å². The zero-order valence-electron chi connectivity index (χ0n) is 12.8. The zero-order chi connectivity index (χ0) is 16.5. The van der Waals surface area contributed by atoms with Crippen molar-refractivity contribution < 1.29 is 9.59 Å². The molecule has 4 rings (SSSR count). The predicted molar refractivity (Wildman–Crippen MR) is 94.3 cm³/mol. The lowest BCUT2D eigenvalue weighted by molar-refractivity contribution is 0.0664. The van der Waals surface area contributed by atoms with Crippen molar-refractivity contribution in [3.8, 4) is 0 Å². The second-order valence-corrected chi connectivity index (χ2v) is 6.61. The minimum Gasteiger partial charge on any atom is -0.273 e. The Morgan fingerprint density at radius 1 is 0.833 bits per heavy atom. The molecule has 0 atom stereocenters. The van der Waals surface area contributed by atoms with Crippen LogP contribution < -0.4 is 0 Å². The number of nitrogens with zero attached hydrogens (tertiary/aromatic N) is 2. The average Bonchev–Trinajstić information content (AvgIpc) is 2.87. The van der Waals surface area contributed by atoms with Gasteiger partial charge in [-0.3, -0.25) is 14.5 Å². The van der Waals surface area contributed by atoms with Crippen LogP contribution in [0.2, 0.25) is 0 Å². The molecular formula is C19H14N2O2S. The van der Waals surface area contributed by atoms with Crippen LogP contribution in [-0.4, -0.2) is 34.0 Å². The van der Waals surface area contributed by atoms with Gasteiger partial charge in [0, 0.05) is 17.7 Å². The first kappa shape index (κ1) is 14.9. The van der Waals surface area contributed by atoms with E-state index < -0.39 is 0 Å². The van der Waals surface area contributed by atoms with E-state index in [1.165, 1.54) is 4.90 Å². The Balaban J connectivity index is 1.44. The molecule has 3 aromatic rings. The second kappa shape index (κ2) is 6.09. The lowest BCUT2D eigenvalue weighted by Crippen LogP contribution is -2.31. The first-order valence-electron chi connectivity index (χ1n) is 7.68. The Bertz CT molecular complexity index is 920. The van der Waals surface area contributed by atoms with Crippen LogP contribution in [0.15, 0.2) is 65.7 Å². The zero-order valence-corrected chi connectivity index (χ0v) is 13.6. The minimum absolute atomic E-state index is 0.206. The van der Waals surface area contributed by atoms with Gasteiger partial charge in [-0.25, -0.2) is 4.98 Å². The number of carbonyl (C=O) groups is 2. The van der Waals surface area contributed by atoms with E-state index in [4.69, 9.17) is 0 Å². The third-order valence-electron chi connectivity index (χ3n) is 4.02. The average molecular weight is 334 g/mol. The largest absolute Gasteiger partial charge is 0.273 e. The Morgan fingerprint density at radius 3 is 2.25 bits per heavy atom. The molecule has 0 unspecified atom stereocenters. The van der Waals surface area contributed by atoms with E-state index >= 15 is 0 Å². The van der Waals surface area contributed by atoms with Gasteiger partial charge in [0.2, 0.25) is 0 Å². The SMILES string of the molecule is O=C1c2ccccc2C(=O)N1CCSc1ccc2ccccc2n1. The number of hydrogen-bond donors (Lipinski definition) is 0. The van der Waals surface area contributed by atoms with Gasteiger partial charge in [0.1, 0.15) is 0 Å². The molecule has 1 aliphatic heterocycles. The third kappa shape index (κ3) is 2.57. The van der Waals surface area contributed by atoms with E-state index in [1.807, 2.05) is 36.4 Å². The van der Waals surface area contributed by atoms with Crippen LogP contribution >= 0.6 is 11.8 Å². The molecule has 118 valence electrons. The van der Waals surface area contributed by atoms with Crippen LogP contribution in [0.5, 0.6) is 0 Å². The second-order valence-electron chi connectivity index (χ2n) is 5.50. The van der Waals surface area contributed by atoms with Crippen molar-refractivity contribution in [1.29, 1.82) is 0 Å². The van der Waals surface area contributed by atoms with E-state index in [9.17, 15) is 9.59 Å². The summed E-state index contributed by atoms with van der Waals surface area (Å²) in [4.78, 5) is 30.5. The van der Waals surface area contributed by atoms with Gasteiger partial charge in [-0.1, -0.05) is 36.4 Å². The topological polar surface area (TPSA) is 50.3 Å². The summed E-state index contributed by atoms with van der Waals surface area (Å²) in [5.41, 5.74) is 1.94. The highest BCUT2D eigenvalue weighted by Gasteiger charge is 2.34. The maximum absolute atomic E-state index is 12.3. The summed E-state index contributed by atoms with van der Waals surface area (Å²) in [6, 6.07) is 18.9. The summed E-state index contributed by atoms with van der Waals surface area (Å²) in [6.07, 6.45) is 0. The van der Waals surface area contributed by atoms with Crippen molar-refractivity contribution in [2.75, 3.05) is 12.3 Å². The number of imide groups is 1. The van der Waals surface area contributed by atoms with Crippen LogP contribution in [-0.2, 0) is 0 Å². The minimum atomic E-state index is -0.206. The molecule has 0 N–H and O–H groups in total. The molecular weight excluding hydrogens is 320 g/mol. The Hall–Kier alpha value is -2.66. The Labute approximate surface area is 143 Å². The maximum atomic E-state index is 12.3. The molecule has 2 heterocycles. The highest BCUT2D eigenvalue weighted by molar-refractivity contribution is 7.99. The van der Waals surface area contributed by atoms with Gasteiger partial charge in [-0.2, -0.15) is 0 Å². The van der Waals surface area contributed by atoms with E-state index in [0.717, 1.165) is 15.9 Å². The van der Waals surface area contributed by atoms with Crippen molar-refractivity contribution in [1.82, 2.24) is 9.88 Å². The van der Waals surface area contributed by atoms with Crippen LogP contribution in [0, 0.1) is 0 Å². The molecule has 0 saturated heterocycles. The number of benzene rings is 2. The van der Waals surface area contributed by atoms with Crippen LogP contribution in [0.3, 0.4) is 0 Å². The standard InChI is InChI=1S/C19H14N2O2S/c22-18-14-6-2-3-7-15(14)19(23)21(18)11-12-24-17-10-9-13-5-1-4-8-16(13)20-17/h1-10H,11-12H2. The molecule has 0 bridgehead atoms. The van der Waals surface area contributed by atoms with Gasteiger partial charge < -0.3 is 0 Å². The molecule has 0 radical (unpaired) electrons. The summed E-state index contributed by atoms with van der Waals surface area (Å²) in [7, 11) is 0. The molecule has 2 aromatic carbocycles. The van der Waals surface area contributed by atoms with Crippen molar-refractivity contribution in [3.63, 3.8) is 0 Å². The summed E-state index contributed by atoms with van der Waals surface area (Å²) in [5, 5.41) is 1.99. The number of hydrogen-bond acceptors (Lipinski definition) is 4. The third-order valence-corrected chi connectivity index (χ3v) is 4.93. The molecule has 24 heavy (non-hydrogen) atoms. The number of carbonyl (C=O) groups excluding carboxylic acids is 2. The van der Waals surface area contributed by atoms with E-state index in [-0.39, 0.29) is 11.8 Å². The van der Waals surface area contributed by atoms with Gasteiger partial charge in [-0.05, 0) is 24.3 Å². The Morgan fingerprint density at radius 2 is 1.50 bits per heavy atom. The molecule has 5 heteroatoms. The molecule has 1 aromatic heterocycles. The number of rotatable bonds is 4. The van der Waals surface area contributed by atoms with Crippen molar-refractivity contribution in [3.05, 3.63) is 71.8 Å². The first-order valence-corrected chi connectivity index (χ1v) is 8.66. The molecule has 1 aliphatic rings. The van der Waals surface area contributed by atoms with Crippen molar-refractivity contribution >= 4 is 34.5 Å². The van der Waals surface area contributed by atoms with E-state index in [0.29, 0.717) is 23.4 Å². The highest BCUT2D eigenvalue weighted by atomic mass is 32.2. The summed E-state index contributed by atoms with van der Waals surface area (Å²) in [6.45, 7) is 0.380. The Kier molecular flexibility index (Phi) is 3.78. The number of amides is 2. The first-order chi connectivity index (χ1) is 11.7. The highest BCUT2D eigenvalue weighted by Crippen LogP contribution is 2.24. The summed E-state index contributed by atoms with van der Waals surface area (Å²) in [5.74, 6) is 0.210. The molecule has 0 spiro atoms. The predicted octanol–water partition coefficient (Wildman–Crippen LogP) is 3.62. The molecule has 0 aliphatic carbocycles. The van der Waals surface area contributed by atoms with Gasteiger partial charge in [-0.15, -0.1) is 11.8 Å². The fourth-order valence-corrected chi connectivity index (χ4v) is 3.62. The summed E-state index contributed by atoms with van der Waals surface area (Å²) < 4.78 is 0. The number of fused-ring (bicyclic) bond motifs is 2. The fraction of sp³-hybridized carbons (Fsp3) is 0.105. The van der Waals surface area contributed by atoms with Gasteiger partial charge in [0.15, 0.2) is 0 Å². The number of pyridine rings is 1. The molecule has 2 amide bonds. The smallest absolute Gasteiger partial charge is 0.261 e. The molecule has 0 saturated carbocycles. The number of para-hydroxylation sites is 1. The van der Waals surface area contributed by atoms with Crippen LogP contribution in [0.4, 0.5) is 0 Å². The normalized spacial score (nSPS) is 13.6. The van der Waals surface area contributed by atoms with Gasteiger partial charge in [0.25, 0.3) is 11.8 Å². The lowest BCUT2D eigenvalue weighted by atomic mass is 10.1.